The van der Waals surface area contributed by atoms with Gasteiger partial charge in [0.2, 0.25) is 0 Å². The Morgan fingerprint density at radius 3 is 2.12 bits per heavy atom. The second-order valence-electron chi connectivity index (χ2n) is 6.07. The second kappa shape index (κ2) is 4.81. The monoisotopic (exact) mass is 232 g/mol. The zero-order chi connectivity index (χ0) is 12.6. The summed E-state index contributed by atoms with van der Waals surface area (Å²) >= 11 is 0. The Morgan fingerprint density at radius 2 is 1.59 bits per heavy atom. The highest BCUT2D eigenvalue weighted by Crippen LogP contribution is 2.46. The molecule has 1 aliphatic carbocycles. The van der Waals surface area contributed by atoms with Gasteiger partial charge >= 0.3 is 0 Å². The summed E-state index contributed by atoms with van der Waals surface area (Å²) in [5.74, 6) is 2.18. The summed E-state index contributed by atoms with van der Waals surface area (Å²) in [4.78, 5) is 0. The molecule has 0 aliphatic heterocycles. The number of aliphatic hydroxyl groups excluding tert-OH is 1. The molecule has 3 unspecified atom stereocenters. The maximum Gasteiger partial charge on any atom is 0.0823 e. The summed E-state index contributed by atoms with van der Waals surface area (Å²) in [5.41, 5.74) is 2.53. The van der Waals surface area contributed by atoms with Gasteiger partial charge in [-0.25, -0.2) is 0 Å². The van der Waals surface area contributed by atoms with E-state index < -0.39 is 0 Å². The van der Waals surface area contributed by atoms with Crippen molar-refractivity contribution in [2.24, 2.45) is 17.8 Å². The zero-order valence-electron chi connectivity index (χ0n) is 11.4. The Balaban J connectivity index is 2.43. The average Bonchev–Trinajstić information content (AvgIpc) is 2.29. The van der Waals surface area contributed by atoms with Crippen molar-refractivity contribution in [3.05, 3.63) is 35.4 Å². The SMILES string of the molecule is CC(C)C1CC(C(C)C)C(O)c2ccccc21. The summed E-state index contributed by atoms with van der Waals surface area (Å²) in [6, 6.07) is 8.43. The molecule has 94 valence electrons. The minimum Gasteiger partial charge on any atom is -0.388 e. The fraction of sp³-hybridized carbons (Fsp3) is 0.625. The number of hydrogen-bond acceptors (Lipinski definition) is 1. The van der Waals surface area contributed by atoms with E-state index in [9.17, 15) is 5.11 Å². The van der Waals surface area contributed by atoms with Gasteiger partial charge in [0, 0.05) is 0 Å². The van der Waals surface area contributed by atoms with Crippen LogP contribution in [0.3, 0.4) is 0 Å². The van der Waals surface area contributed by atoms with Crippen LogP contribution in [0.25, 0.3) is 0 Å². The molecule has 0 heterocycles. The van der Waals surface area contributed by atoms with Gasteiger partial charge in [-0.2, -0.15) is 0 Å². The molecular weight excluding hydrogens is 208 g/mol. The van der Waals surface area contributed by atoms with Crippen LogP contribution < -0.4 is 0 Å². The third-order valence-corrected chi connectivity index (χ3v) is 4.31. The topological polar surface area (TPSA) is 20.2 Å². The molecule has 0 saturated carbocycles. The van der Waals surface area contributed by atoms with E-state index in [1.165, 1.54) is 5.56 Å². The molecule has 1 aromatic rings. The molecule has 0 spiro atoms. The van der Waals surface area contributed by atoms with E-state index in [4.69, 9.17) is 0 Å². The fourth-order valence-corrected chi connectivity index (χ4v) is 3.17. The molecule has 3 atom stereocenters. The Bertz CT molecular complexity index is 381. The first-order chi connectivity index (χ1) is 8.02. The number of rotatable bonds is 2. The van der Waals surface area contributed by atoms with Gasteiger partial charge < -0.3 is 5.11 Å². The Hall–Kier alpha value is -0.820. The summed E-state index contributed by atoms with van der Waals surface area (Å²) in [5, 5.41) is 10.5. The molecule has 1 nitrogen and oxygen atoms in total. The molecule has 2 rings (SSSR count). The fourth-order valence-electron chi connectivity index (χ4n) is 3.17. The summed E-state index contributed by atoms with van der Waals surface area (Å²) in [7, 11) is 0. The van der Waals surface area contributed by atoms with Crippen LogP contribution in [0, 0.1) is 17.8 Å². The molecule has 1 heteroatoms. The predicted molar refractivity (Wildman–Crippen MR) is 71.9 cm³/mol. The lowest BCUT2D eigenvalue weighted by Gasteiger charge is -2.39. The van der Waals surface area contributed by atoms with Crippen molar-refractivity contribution in [3.8, 4) is 0 Å². The van der Waals surface area contributed by atoms with E-state index in [0.717, 1.165) is 12.0 Å². The molecule has 0 fully saturated rings. The second-order valence-corrected chi connectivity index (χ2v) is 6.07. The normalized spacial score (nSPS) is 28.5. The molecule has 1 aliphatic rings. The maximum absolute atomic E-state index is 10.5. The van der Waals surface area contributed by atoms with Crippen molar-refractivity contribution in [1.82, 2.24) is 0 Å². The Labute approximate surface area is 105 Å². The first-order valence-corrected chi connectivity index (χ1v) is 6.79. The van der Waals surface area contributed by atoms with Crippen molar-refractivity contribution in [2.45, 2.75) is 46.1 Å². The summed E-state index contributed by atoms with van der Waals surface area (Å²) in [6.45, 7) is 9.02. The largest absolute Gasteiger partial charge is 0.388 e. The molecule has 1 aromatic carbocycles. The third-order valence-electron chi connectivity index (χ3n) is 4.31. The highest BCUT2D eigenvalue weighted by atomic mass is 16.3. The lowest BCUT2D eigenvalue weighted by molar-refractivity contribution is 0.0548. The van der Waals surface area contributed by atoms with Gasteiger partial charge in [-0.1, -0.05) is 52.0 Å². The third kappa shape index (κ3) is 2.26. The molecule has 0 bridgehead atoms. The van der Waals surface area contributed by atoms with Gasteiger partial charge in [0.1, 0.15) is 0 Å². The molecule has 0 aromatic heterocycles. The number of benzene rings is 1. The van der Waals surface area contributed by atoms with Gasteiger partial charge in [0.25, 0.3) is 0 Å². The average molecular weight is 232 g/mol. The zero-order valence-corrected chi connectivity index (χ0v) is 11.4. The van der Waals surface area contributed by atoms with Crippen LogP contribution in [0.5, 0.6) is 0 Å². The predicted octanol–water partition coefficient (Wildman–Crippen LogP) is 4.14. The van der Waals surface area contributed by atoms with Gasteiger partial charge in [-0.15, -0.1) is 0 Å². The molecule has 0 saturated heterocycles. The van der Waals surface area contributed by atoms with Crippen molar-refractivity contribution >= 4 is 0 Å². The van der Waals surface area contributed by atoms with Crippen LogP contribution in [0.2, 0.25) is 0 Å². The van der Waals surface area contributed by atoms with Gasteiger partial charge in [0.05, 0.1) is 6.10 Å². The van der Waals surface area contributed by atoms with Crippen LogP contribution in [-0.2, 0) is 0 Å². The van der Waals surface area contributed by atoms with Crippen molar-refractivity contribution in [3.63, 3.8) is 0 Å². The molecular formula is C16H24O. The first-order valence-electron chi connectivity index (χ1n) is 6.79. The van der Waals surface area contributed by atoms with E-state index >= 15 is 0 Å². The Morgan fingerprint density at radius 1 is 1.00 bits per heavy atom. The maximum atomic E-state index is 10.5. The van der Waals surface area contributed by atoms with Gasteiger partial charge in [-0.05, 0) is 41.2 Å². The lowest BCUT2D eigenvalue weighted by Crippen LogP contribution is -2.29. The summed E-state index contributed by atoms with van der Waals surface area (Å²) in [6.07, 6.45) is 0.842. The van der Waals surface area contributed by atoms with Crippen molar-refractivity contribution in [1.29, 1.82) is 0 Å². The standard InChI is InChI=1S/C16H24O/c1-10(2)14-9-15(11(3)4)16(17)13-8-6-5-7-12(13)14/h5-8,10-11,14-17H,9H2,1-4H3. The van der Waals surface area contributed by atoms with E-state index in [0.29, 0.717) is 23.7 Å². The number of fused-ring (bicyclic) bond motifs is 1. The minimum absolute atomic E-state index is 0.277. The van der Waals surface area contributed by atoms with Crippen LogP contribution in [0.4, 0.5) is 0 Å². The van der Waals surface area contributed by atoms with Gasteiger partial charge in [-0.3, -0.25) is 0 Å². The minimum atomic E-state index is -0.277. The summed E-state index contributed by atoms with van der Waals surface area (Å²) < 4.78 is 0. The smallest absolute Gasteiger partial charge is 0.0823 e. The Kier molecular flexibility index (Phi) is 3.58. The van der Waals surface area contributed by atoms with Crippen LogP contribution in [0.15, 0.2) is 24.3 Å². The first kappa shape index (κ1) is 12.6. The molecule has 17 heavy (non-hydrogen) atoms. The molecule has 1 N–H and O–H groups in total. The van der Waals surface area contributed by atoms with E-state index in [1.807, 2.05) is 6.07 Å². The lowest BCUT2D eigenvalue weighted by atomic mass is 9.68. The van der Waals surface area contributed by atoms with Crippen LogP contribution in [-0.4, -0.2) is 5.11 Å². The molecule has 0 radical (unpaired) electrons. The highest BCUT2D eigenvalue weighted by Gasteiger charge is 2.36. The van der Waals surface area contributed by atoms with Crippen LogP contribution in [0.1, 0.15) is 57.3 Å². The van der Waals surface area contributed by atoms with Crippen molar-refractivity contribution in [2.75, 3.05) is 0 Å². The van der Waals surface area contributed by atoms with E-state index in [-0.39, 0.29) is 6.10 Å². The van der Waals surface area contributed by atoms with E-state index in [1.54, 1.807) is 0 Å². The quantitative estimate of drug-likeness (QED) is 0.812. The number of hydrogen-bond donors (Lipinski definition) is 1. The molecule has 0 amide bonds. The van der Waals surface area contributed by atoms with Gasteiger partial charge in [0.15, 0.2) is 0 Å². The number of aliphatic hydroxyl groups is 1. The highest BCUT2D eigenvalue weighted by molar-refractivity contribution is 5.35. The van der Waals surface area contributed by atoms with E-state index in [2.05, 4.69) is 45.9 Å². The van der Waals surface area contributed by atoms with Crippen LogP contribution >= 0.6 is 0 Å². The van der Waals surface area contributed by atoms with Crippen molar-refractivity contribution < 1.29 is 5.11 Å².